The molecule has 4 heteroatoms. The molecule has 1 heterocycles. The molecule has 0 aromatic heterocycles. The van der Waals surface area contributed by atoms with E-state index in [9.17, 15) is 0 Å². The highest BCUT2D eigenvalue weighted by Gasteiger charge is 2.17. The lowest BCUT2D eigenvalue weighted by atomic mass is 10.1. The van der Waals surface area contributed by atoms with E-state index in [-0.39, 0.29) is 6.04 Å². The fourth-order valence-electron chi connectivity index (χ4n) is 1.66. The van der Waals surface area contributed by atoms with E-state index in [4.69, 9.17) is 15.2 Å². The zero-order valence-corrected chi connectivity index (χ0v) is 9.76. The second kappa shape index (κ2) is 4.33. The highest BCUT2D eigenvalue weighted by Crippen LogP contribution is 2.40. The van der Waals surface area contributed by atoms with Gasteiger partial charge >= 0.3 is 0 Å². The fraction of sp³-hybridized carbons (Fsp3) is 0.455. The van der Waals surface area contributed by atoms with Crippen LogP contribution in [-0.4, -0.2) is 19.1 Å². The quantitative estimate of drug-likeness (QED) is 0.855. The smallest absolute Gasteiger partial charge is 0.138 e. The number of hydrogen-bond acceptors (Lipinski definition) is 4. The van der Waals surface area contributed by atoms with E-state index in [1.165, 1.54) is 0 Å². The van der Waals surface area contributed by atoms with Crippen LogP contribution in [0.1, 0.15) is 12.5 Å². The molecule has 1 aliphatic rings. The Hall–Kier alpha value is -0.870. The van der Waals surface area contributed by atoms with Crippen molar-refractivity contribution < 1.29 is 9.47 Å². The summed E-state index contributed by atoms with van der Waals surface area (Å²) in [5.41, 5.74) is 6.91. The average Bonchev–Trinajstić information content (AvgIpc) is 2.62. The van der Waals surface area contributed by atoms with Crippen molar-refractivity contribution in [2.75, 3.05) is 13.0 Å². The summed E-state index contributed by atoms with van der Waals surface area (Å²) in [5, 5.41) is 0. The minimum Gasteiger partial charge on any atom is -0.496 e. The summed E-state index contributed by atoms with van der Waals surface area (Å²) in [4.78, 5) is 1.15. The molecule has 1 aromatic rings. The van der Waals surface area contributed by atoms with Gasteiger partial charge in [0.2, 0.25) is 0 Å². The molecule has 0 spiro atoms. The molecule has 0 radical (unpaired) electrons. The molecule has 1 atom stereocenters. The van der Waals surface area contributed by atoms with Gasteiger partial charge in [-0.1, -0.05) is 11.8 Å². The van der Waals surface area contributed by atoms with Crippen LogP contribution in [0.5, 0.6) is 11.5 Å². The van der Waals surface area contributed by atoms with Crippen molar-refractivity contribution in [2.24, 2.45) is 5.73 Å². The SMILES string of the molecule is COc1cc2c(cc1CC(C)N)OCS2. The Bertz CT molecular complexity index is 366. The number of fused-ring (bicyclic) bond motifs is 1. The number of rotatable bonds is 3. The topological polar surface area (TPSA) is 44.5 Å². The number of methoxy groups -OCH3 is 1. The standard InChI is InChI=1S/C11H15NO2S/c1-7(12)3-8-4-10-11(15-6-14-10)5-9(8)13-2/h4-5,7H,3,6,12H2,1-2H3. The normalized spacial score (nSPS) is 15.7. The predicted molar refractivity (Wildman–Crippen MR) is 61.7 cm³/mol. The van der Waals surface area contributed by atoms with Crippen molar-refractivity contribution in [1.82, 2.24) is 0 Å². The lowest BCUT2D eigenvalue weighted by molar-refractivity contribution is 0.387. The third-order valence-electron chi connectivity index (χ3n) is 2.32. The molecule has 1 unspecified atom stereocenters. The molecule has 2 N–H and O–H groups in total. The van der Waals surface area contributed by atoms with Crippen LogP contribution in [0, 0.1) is 0 Å². The Kier molecular flexibility index (Phi) is 3.07. The Morgan fingerprint density at radius 3 is 3.07 bits per heavy atom. The molecule has 1 aromatic carbocycles. The van der Waals surface area contributed by atoms with Gasteiger partial charge in [0.15, 0.2) is 0 Å². The molecule has 0 saturated heterocycles. The van der Waals surface area contributed by atoms with Crippen molar-refractivity contribution in [3.63, 3.8) is 0 Å². The first-order valence-corrected chi connectivity index (χ1v) is 5.91. The monoisotopic (exact) mass is 225 g/mol. The number of thioether (sulfide) groups is 1. The van der Waals surface area contributed by atoms with Gasteiger partial charge in [-0.15, -0.1) is 0 Å². The minimum absolute atomic E-state index is 0.131. The zero-order valence-electron chi connectivity index (χ0n) is 8.95. The Morgan fingerprint density at radius 1 is 1.60 bits per heavy atom. The molecular weight excluding hydrogens is 210 g/mol. The molecule has 82 valence electrons. The molecule has 2 rings (SSSR count). The zero-order chi connectivity index (χ0) is 10.8. The Labute approximate surface area is 93.9 Å². The van der Waals surface area contributed by atoms with E-state index < -0.39 is 0 Å². The van der Waals surface area contributed by atoms with E-state index in [1.54, 1.807) is 18.9 Å². The number of nitrogens with two attached hydrogens (primary N) is 1. The van der Waals surface area contributed by atoms with Crippen LogP contribution in [-0.2, 0) is 6.42 Å². The Morgan fingerprint density at radius 2 is 2.40 bits per heavy atom. The first-order valence-electron chi connectivity index (χ1n) is 4.93. The first kappa shape index (κ1) is 10.6. The first-order chi connectivity index (χ1) is 7.20. The van der Waals surface area contributed by atoms with Crippen molar-refractivity contribution in [1.29, 1.82) is 0 Å². The number of ether oxygens (including phenoxy) is 2. The highest BCUT2D eigenvalue weighted by molar-refractivity contribution is 7.99. The van der Waals surface area contributed by atoms with Gasteiger partial charge in [0.25, 0.3) is 0 Å². The summed E-state index contributed by atoms with van der Waals surface area (Å²) in [5.74, 6) is 2.56. The average molecular weight is 225 g/mol. The van der Waals surface area contributed by atoms with Crippen molar-refractivity contribution in [2.45, 2.75) is 24.3 Å². The summed E-state index contributed by atoms with van der Waals surface area (Å²) in [7, 11) is 1.69. The maximum Gasteiger partial charge on any atom is 0.138 e. The van der Waals surface area contributed by atoms with E-state index >= 15 is 0 Å². The van der Waals surface area contributed by atoms with Gasteiger partial charge in [-0.25, -0.2) is 0 Å². The van der Waals surface area contributed by atoms with Crippen LogP contribution in [0.2, 0.25) is 0 Å². The van der Waals surface area contributed by atoms with Gasteiger partial charge in [-0.2, -0.15) is 0 Å². The van der Waals surface area contributed by atoms with Crippen LogP contribution in [0.15, 0.2) is 17.0 Å². The predicted octanol–water partition coefficient (Wildman–Crippen LogP) is 2.03. The lowest BCUT2D eigenvalue weighted by Crippen LogP contribution is -2.18. The summed E-state index contributed by atoms with van der Waals surface area (Å²) in [6.07, 6.45) is 0.810. The van der Waals surface area contributed by atoms with Gasteiger partial charge in [0.1, 0.15) is 17.4 Å². The van der Waals surface area contributed by atoms with E-state index in [1.807, 2.05) is 19.1 Å². The molecule has 0 fully saturated rings. The number of benzene rings is 1. The molecule has 3 nitrogen and oxygen atoms in total. The molecular formula is C11H15NO2S. The third-order valence-corrected chi connectivity index (χ3v) is 3.18. The van der Waals surface area contributed by atoms with Crippen LogP contribution in [0.25, 0.3) is 0 Å². The van der Waals surface area contributed by atoms with Gasteiger partial charge in [0.05, 0.1) is 12.0 Å². The largest absolute Gasteiger partial charge is 0.496 e. The molecule has 1 aliphatic heterocycles. The summed E-state index contributed by atoms with van der Waals surface area (Å²) in [6, 6.07) is 4.20. The highest BCUT2D eigenvalue weighted by atomic mass is 32.2. The van der Waals surface area contributed by atoms with Crippen molar-refractivity contribution in [3.8, 4) is 11.5 Å². The summed E-state index contributed by atoms with van der Waals surface area (Å²) in [6.45, 7) is 1.99. The maximum atomic E-state index is 5.79. The van der Waals surface area contributed by atoms with Gasteiger partial charge < -0.3 is 15.2 Å². The van der Waals surface area contributed by atoms with Crippen LogP contribution in [0.3, 0.4) is 0 Å². The number of hydrogen-bond donors (Lipinski definition) is 1. The second-order valence-corrected chi connectivity index (χ2v) is 4.66. The van der Waals surface area contributed by atoms with Crippen LogP contribution < -0.4 is 15.2 Å². The molecule has 0 aliphatic carbocycles. The third kappa shape index (κ3) is 2.21. The molecule has 0 amide bonds. The van der Waals surface area contributed by atoms with Crippen LogP contribution in [0.4, 0.5) is 0 Å². The van der Waals surface area contributed by atoms with Crippen molar-refractivity contribution >= 4 is 11.8 Å². The Balaban J connectivity index is 2.35. The fourth-order valence-corrected chi connectivity index (χ4v) is 2.43. The van der Waals surface area contributed by atoms with Gasteiger partial charge in [-0.3, -0.25) is 0 Å². The second-order valence-electron chi connectivity index (χ2n) is 3.70. The summed E-state index contributed by atoms with van der Waals surface area (Å²) < 4.78 is 10.8. The minimum atomic E-state index is 0.131. The van der Waals surface area contributed by atoms with E-state index in [2.05, 4.69) is 0 Å². The van der Waals surface area contributed by atoms with Crippen molar-refractivity contribution in [3.05, 3.63) is 17.7 Å². The van der Waals surface area contributed by atoms with E-state index in [0.717, 1.165) is 28.4 Å². The van der Waals surface area contributed by atoms with Gasteiger partial charge in [-0.05, 0) is 31.0 Å². The molecule has 0 bridgehead atoms. The maximum absolute atomic E-state index is 5.79. The van der Waals surface area contributed by atoms with Crippen LogP contribution >= 0.6 is 11.8 Å². The molecule has 0 saturated carbocycles. The molecule has 15 heavy (non-hydrogen) atoms. The lowest BCUT2D eigenvalue weighted by Gasteiger charge is -2.12. The van der Waals surface area contributed by atoms with E-state index in [0.29, 0.717) is 5.94 Å². The summed E-state index contributed by atoms with van der Waals surface area (Å²) >= 11 is 1.69. The van der Waals surface area contributed by atoms with Gasteiger partial charge in [0, 0.05) is 6.04 Å².